The molecule has 0 amide bonds. The molecule has 6 fully saturated rings. The molecular formula is C20H28O6. The summed E-state index contributed by atoms with van der Waals surface area (Å²) < 4.78 is 5.80. The topological polar surface area (TPSA) is 107 Å². The first-order chi connectivity index (χ1) is 12.1. The molecule has 4 N–H and O–H groups in total. The van der Waals surface area contributed by atoms with Gasteiger partial charge < -0.3 is 25.2 Å². The van der Waals surface area contributed by atoms with Gasteiger partial charge in [0.25, 0.3) is 0 Å². The summed E-state index contributed by atoms with van der Waals surface area (Å²) in [6.45, 7) is 8.07. The molecule has 144 valence electrons. The normalized spacial score (nSPS) is 59.9. The summed E-state index contributed by atoms with van der Waals surface area (Å²) in [4.78, 5) is 13.3. The van der Waals surface area contributed by atoms with Crippen molar-refractivity contribution in [1.82, 2.24) is 0 Å². The van der Waals surface area contributed by atoms with Crippen LogP contribution >= 0.6 is 0 Å². The third-order valence-corrected chi connectivity index (χ3v) is 8.88. The number of carbonyl (C=O) groups is 1. The van der Waals surface area contributed by atoms with Gasteiger partial charge in [0.2, 0.25) is 5.79 Å². The summed E-state index contributed by atoms with van der Waals surface area (Å²) in [6.07, 6.45) is -0.747. The molecule has 6 rings (SSSR count). The maximum absolute atomic E-state index is 13.3. The summed E-state index contributed by atoms with van der Waals surface area (Å²) in [5, 5.41) is 45.1. The van der Waals surface area contributed by atoms with Gasteiger partial charge in [-0.05, 0) is 42.6 Å². The Labute approximate surface area is 152 Å². The van der Waals surface area contributed by atoms with Gasteiger partial charge in [-0.1, -0.05) is 20.4 Å². The van der Waals surface area contributed by atoms with Crippen LogP contribution in [-0.2, 0) is 9.53 Å². The summed E-state index contributed by atoms with van der Waals surface area (Å²) in [5.74, 6) is -3.80. The third-order valence-electron chi connectivity index (χ3n) is 8.88. The van der Waals surface area contributed by atoms with E-state index in [9.17, 15) is 25.2 Å². The van der Waals surface area contributed by atoms with E-state index in [4.69, 9.17) is 4.74 Å². The van der Waals surface area contributed by atoms with Crippen molar-refractivity contribution in [3.8, 4) is 0 Å². The minimum absolute atomic E-state index is 0.0966. The fraction of sp³-hybridized carbons (Fsp3) is 0.850. The van der Waals surface area contributed by atoms with E-state index in [0.717, 1.165) is 6.42 Å². The van der Waals surface area contributed by atoms with Crippen LogP contribution in [0, 0.1) is 34.0 Å². The van der Waals surface area contributed by atoms with E-state index in [0.29, 0.717) is 24.8 Å². The highest BCUT2D eigenvalue weighted by Crippen LogP contribution is 2.76. The largest absolute Gasteiger partial charge is 0.392 e. The smallest absolute Gasteiger partial charge is 0.208 e. The Kier molecular flexibility index (Phi) is 3.07. The lowest BCUT2D eigenvalue weighted by Gasteiger charge is -2.74. The van der Waals surface area contributed by atoms with Gasteiger partial charge in [-0.2, -0.15) is 0 Å². The molecule has 4 bridgehead atoms. The minimum atomic E-state index is -2.15. The molecule has 0 aromatic carbocycles. The number of aliphatic hydroxyl groups excluding tert-OH is 3. The quantitative estimate of drug-likeness (QED) is 0.463. The molecule has 26 heavy (non-hydrogen) atoms. The Morgan fingerprint density at radius 1 is 1.12 bits per heavy atom. The molecule has 2 aliphatic heterocycles. The first-order valence-electron chi connectivity index (χ1n) is 9.71. The average molecular weight is 364 g/mol. The molecule has 6 heteroatoms. The van der Waals surface area contributed by atoms with Crippen LogP contribution in [-0.4, -0.2) is 56.9 Å². The maximum atomic E-state index is 13.3. The van der Waals surface area contributed by atoms with E-state index >= 15 is 0 Å². The number of fused-ring (bicyclic) bond motifs is 2. The zero-order valence-corrected chi connectivity index (χ0v) is 15.3. The molecule has 4 aliphatic carbocycles. The lowest BCUT2D eigenvalue weighted by Crippen LogP contribution is -2.85. The van der Waals surface area contributed by atoms with Gasteiger partial charge in [-0.15, -0.1) is 0 Å². The van der Waals surface area contributed by atoms with Gasteiger partial charge in [0, 0.05) is 17.3 Å². The lowest BCUT2D eigenvalue weighted by molar-refractivity contribution is -0.458. The van der Waals surface area contributed by atoms with Gasteiger partial charge in [-0.25, -0.2) is 0 Å². The zero-order valence-electron chi connectivity index (χ0n) is 15.3. The van der Waals surface area contributed by atoms with Gasteiger partial charge in [0.1, 0.15) is 11.5 Å². The number of carbonyl (C=O) groups excluding carboxylic acids is 1. The number of hydrogen-bond acceptors (Lipinski definition) is 6. The molecule has 0 aromatic heterocycles. The van der Waals surface area contributed by atoms with E-state index < -0.39 is 58.5 Å². The highest BCUT2D eigenvalue weighted by molar-refractivity contribution is 6.05. The lowest BCUT2D eigenvalue weighted by atomic mass is 9.35. The Bertz CT molecular complexity index is 717. The summed E-state index contributed by atoms with van der Waals surface area (Å²) in [6, 6.07) is 0. The fourth-order valence-corrected chi connectivity index (χ4v) is 7.90. The van der Waals surface area contributed by atoms with Crippen LogP contribution in [0.5, 0.6) is 0 Å². The van der Waals surface area contributed by atoms with Crippen molar-refractivity contribution in [1.29, 1.82) is 0 Å². The van der Waals surface area contributed by atoms with Crippen molar-refractivity contribution in [2.24, 2.45) is 34.0 Å². The molecule has 0 aromatic rings. The van der Waals surface area contributed by atoms with Crippen molar-refractivity contribution in [2.45, 2.75) is 63.6 Å². The van der Waals surface area contributed by atoms with Gasteiger partial charge in [0.15, 0.2) is 5.78 Å². The van der Waals surface area contributed by atoms with Crippen molar-refractivity contribution in [2.75, 3.05) is 6.61 Å². The van der Waals surface area contributed by atoms with Crippen molar-refractivity contribution < 1.29 is 30.0 Å². The van der Waals surface area contributed by atoms with Gasteiger partial charge in [0.05, 0.1) is 18.8 Å². The Balaban J connectivity index is 1.81. The van der Waals surface area contributed by atoms with Crippen molar-refractivity contribution in [3.63, 3.8) is 0 Å². The summed E-state index contributed by atoms with van der Waals surface area (Å²) in [5.41, 5.74) is -2.49. The molecular weight excluding hydrogens is 336 g/mol. The Morgan fingerprint density at radius 2 is 1.81 bits per heavy atom. The number of Topliss-reactive ketones (excluding diaryl/α,β-unsaturated/α-hetero) is 1. The zero-order chi connectivity index (χ0) is 18.9. The van der Waals surface area contributed by atoms with Crippen LogP contribution in [0.3, 0.4) is 0 Å². The SMILES string of the molecule is C=C1C(=O)[C@]23C(O)[C@H]1CC[C@H]2[C@@]12CO[C@]3(O)[C@@H](O)[C@@H]1C(C)(C)CC[C@@H]2O. The molecule has 2 saturated heterocycles. The number of hydrogen-bond donors (Lipinski definition) is 4. The molecule has 6 nitrogen and oxygen atoms in total. The molecule has 0 radical (unpaired) electrons. The van der Waals surface area contributed by atoms with E-state index in [2.05, 4.69) is 6.58 Å². The summed E-state index contributed by atoms with van der Waals surface area (Å²) >= 11 is 0. The molecule has 1 unspecified atom stereocenters. The average Bonchev–Trinajstić information content (AvgIpc) is 2.69. The van der Waals surface area contributed by atoms with Crippen LogP contribution in [0.25, 0.3) is 0 Å². The second-order valence-electron chi connectivity index (χ2n) is 9.97. The molecule has 6 aliphatic rings. The van der Waals surface area contributed by atoms with Gasteiger partial charge >= 0.3 is 0 Å². The van der Waals surface area contributed by atoms with Crippen molar-refractivity contribution >= 4 is 5.78 Å². The van der Waals surface area contributed by atoms with E-state index in [1.807, 2.05) is 13.8 Å². The first-order valence-corrected chi connectivity index (χ1v) is 9.71. The monoisotopic (exact) mass is 364 g/mol. The highest BCUT2D eigenvalue weighted by Gasteiger charge is 2.86. The van der Waals surface area contributed by atoms with E-state index in [1.165, 1.54) is 0 Å². The van der Waals surface area contributed by atoms with Crippen LogP contribution in [0.15, 0.2) is 12.2 Å². The van der Waals surface area contributed by atoms with Gasteiger partial charge in [-0.3, -0.25) is 4.79 Å². The Hall–Kier alpha value is -0.790. The highest BCUT2D eigenvalue weighted by atomic mass is 16.6. The molecule has 2 heterocycles. The second-order valence-corrected chi connectivity index (χ2v) is 9.97. The van der Waals surface area contributed by atoms with Crippen LogP contribution in [0.4, 0.5) is 0 Å². The summed E-state index contributed by atoms with van der Waals surface area (Å²) in [7, 11) is 0. The maximum Gasteiger partial charge on any atom is 0.208 e. The minimum Gasteiger partial charge on any atom is -0.392 e. The Morgan fingerprint density at radius 3 is 2.50 bits per heavy atom. The van der Waals surface area contributed by atoms with Crippen LogP contribution in [0.1, 0.15) is 39.5 Å². The van der Waals surface area contributed by atoms with E-state index in [-0.39, 0.29) is 12.0 Å². The fourth-order valence-electron chi connectivity index (χ4n) is 7.90. The van der Waals surface area contributed by atoms with E-state index in [1.54, 1.807) is 0 Å². The third kappa shape index (κ3) is 1.41. The van der Waals surface area contributed by atoms with Crippen molar-refractivity contribution in [3.05, 3.63) is 12.2 Å². The number of rotatable bonds is 0. The first kappa shape index (κ1) is 17.3. The molecule has 2 spiro atoms. The number of ketones is 1. The predicted octanol–water partition coefficient (Wildman–Crippen LogP) is 0.376. The number of aliphatic hydroxyl groups is 4. The predicted molar refractivity (Wildman–Crippen MR) is 90.7 cm³/mol. The number of ether oxygens (including phenoxy) is 1. The molecule has 9 atom stereocenters. The molecule has 4 saturated carbocycles. The standard InChI is InChI=1S/C20H28O6/c1-9-10-4-5-11-18-8-26-20(25,19(11,14(9)22)15(10)23)16(24)13(18)17(2,3)7-6-12(18)21/h10-13,15-16,21,23-25H,1,4-8H2,2-3H3/t10-,11-,12-,13+,15?,16-,18+,19-,20+/m0/s1. The van der Waals surface area contributed by atoms with Crippen LogP contribution < -0.4 is 0 Å². The second kappa shape index (κ2) is 4.61. The van der Waals surface area contributed by atoms with Crippen LogP contribution in [0.2, 0.25) is 0 Å².